The van der Waals surface area contributed by atoms with Crippen molar-refractivity contribution >= 4 is 8.46 Å². The molecule has 0 rings (SSSR count). The van der Waals surface area contributed by atoms with Gasteiger partial charge in [-0.3, -0.25) is 0 Å². The average molecular weight is 121 g/mol. The van der Waals surface area contributed by atoms with Crippen molar-refractivity contribution < 1.29 is 9.67 Å². The van der Waals surface area contributed by atoms with Gasteiger partial charge in [-0.05, 0) is 6.42 Å². The van der Waals surface area contributed by atoms with E-state index >= 15 is 0 Å². The molecule has 2 atom stereocenters. The van der Waals surface area contributed by atoms with Gasteiger partial charge in [-0.2, -0.15) is 0 Å². The third kappa shape index (κ3) is 3.90. The third-order valence-electron chi connectivity index (χ3n) is 0.698. The highest BCUT2D eigenvalue weighted by molar-refractivity contribution is 7.24. The Balaban J connectivity index is 2.98. The van der Waals surface area contributed by atoms with Gasteiger partial charge in [0.15, 0.2) is 0 Å². The van der Waals surface area contributed by atoms with Crippen molar-refractivity contribution in [3.8, 4) is 0 Å². The van der Waals surface area contributed by atoms with E-state index in [1.165, 1.54) is 0 Å². The van der Waals surface area contributed by atoms with E-state index < -0.39 is 14.3 Å². The molecule has 0 spiro atoms. The molecule has 3 heteroatoms. The monoisotopic (exact) mass is 121 g/mol. The summed E-state index contributed by atoms with van der Waals surface area (Å²) < 4.78 is 9.80. The number of hydrogen-bond donors (Lipinski definition) is 1. The van der Waals surface area contributed by atoms with E-state index in [1.54, 1.807) is 0 Å². The van der Waals surface area contributed by atoms with Crippen molar-refractivity contribution in [3.05, 3.63) is 0 Å². The quantitative estimate of drug-likeness (QED) is 0.568. The minimum Gasteiger partial charge on any atom is -0.351 e. The maximum atomic E-state index is 9.80. The van der Waals surface area contributed by atoms with Crippen LogP contribution in [0.25, 0.3) is 0 Å². The average Bonchev–Trinajstić information content (AvgIpc) is 1.68. The molecule has 0 heterocycles. The van der Waals surface area contributed by atoms with Gasteiger partial charge in [0.05, 0.1) is 0 Å². The van der Waals surface area contributed by atoms with E-state index in [-0.39, 0.29) is 0 Å². The van der Waals surface area contributed by atoms with Gasteiger partial charge in [-0.15, -0.1) is 0 Å². The Kier molecular flexibility index (Phi) is 4.26. The van der Waals surface area contributed by atoms with Crippen LogP contribution >= 0.6 is 8.46 Å². The van der Waals surface area contributed by atoms with Crippen LogP contribution in [0.1, 0.15) is 19.8 Å². The molecule has 0 aliphatic heterocycles. The van der Waals surface area contributed by atoms with Crippen LogP contribution in [0, 0.1) is 0 Å². The third-order valence-corrected chi connectivity index (χ3v) is 1.26. The molecule has 2 nitrogen and oxygen atoms in total. The molecule has 2 unspecified atom stereocenters. The minimum atomic E-state index is -0.579. The highest BCUT2D eigenvalue weighted by Gasteiger charge is 2.06. The van der Waals surface area contributed by atoms with Crippen LogP contribution in [0.4, 0.5) is 0 Å². The summed E-state index contributed by atoms with van der Waals surface area (Å²) in [4.78, 5) is 0. The zero-order valence-electron chi connectivity index (χ0n) is 4.35. The first-order chi connectivity index (χ1) is 3.31. The predicted octanol–water partition coefficient (Wildman–Crippen LogP) is 1.13. The summed E-state index contributed by atoms with van der Waals surface area (Å²) in [5.74, 6) is -0.579. The molecular weight excluding hydrogens is 111 g/mol. The molecule has 0 bridgehead atoms. The topological polar surface area (TPSA) is 37.3 Å². The lowest BCUT2D eigenvalue weighted by Gasteiger charge is -1.86. The largest absolute Gasteiger partial charge is 0.356 e. The van der Waals surface area contributed by atoms with Gasteiger partial charge in [-0.1, -0.05) is 11.5 Å². The summed E-state index contributed by atoms with van der Waals surface area (Å²) in [5, 5.41) is 8.56. The summed E-state index contributed by atoms with van der Waals surface area (Å²) in [6, 6.07) is 0. The van der Waals surface area contributed by atoms with E-state index in [9.17, 15) is 4.57 Å². The fourth-order valence-corrected chi connectivity index (χ4v) is 0.739. The van der Waals surface area contributed by atoms with E-state index in [0.717, 1.165) is 6.42 Å². The number of hydrogen-bond acceptors (Lipinski definition) is 2. The molecule has 0 aliphatic carbocycles. The molecular formula is C4H10O2P+. The number of aliphatic hydroxyl groups excluding tert-OH is 1. The molecule has 0 radical (unpaired) electrons. The van der Waals surface area contributed by atoms with Crippen molar-refractivity contribution in [1.82, 2.24) is 0 Å². The van der Waals surface area contributed by atoms with Crippen LogP contribution in [-0.4, -0.2) is 11.0 Å². The molecule has 0 aliphatic rings. The lowest BCUT2D eigenvalue weighted by molar-refractivity contribution is 0.244. The van der Waals surface area contributed by atoms with Crippen molar-refractivity contribution in [3.63, 3.8) is 0 Å². The highest BCUT2D eigenvalue weighted by Crippen LogP contribution is 2.07. The zero-order chi connectivity index (χ0) is 5.70. The van der Waals surface area contributed by atoms with E-state index in [4.69, 9.17) is 5.11 Å². The van der Waals surface area contributed by atoms with Gasteiger partial charge >= 0.3 is 8.46 Å². The van der Waals surface area contributed by atoms with Crippen LogP contribution in [0.5, 0.6) is 0 Å². The van der Waals surface area contributed by atoms with Crippen LogP contribution in [0.2, 0.25) is 0 Å². The molecule has 42 valence electrons. The second-order valence-corrected chi connectivity index (χ2v) is 2.32. The lowest BCUT2D eigenvalue weighted by Crippen LogP contribution is -1.92. The van der Waals surface area contributed by atoms with Crippen LogP contribution < -0.4 is 0 Å². The standard InChI is InChI=1S/C4H9O2P/c1-2-3-4(5)7-6/h4-5H,2-3H2,1H3/p+1. The molecule has 7 heavy (non-hydrogen) atoms. The zero-order valence-corrected chi connectivity index (χ0v) is 5.35. The second kappa shape index (κ2) is 4.23. The molecule has 1 N–H and O–H groups in total. The van der Waals surface area contributed by atoms with Crippen LogP contribution in [0.15, 0.2) is 0 Å². The van der Waals surface area contributed by atoms with Crippen LogP contribution in [-0.2, 0) is 4.57 Å². The minimum absolute atomic E-state index is 0.556. The lowest BCUT2D eigenvalue weighted by atomic mass is 10.4. The van der Waals surface area contributed by atoms with E-state index in [1.807, 2.05) is 6.92 Å². The first-order valence-electron chi connectivity index (χ1n) is 2.37. The molecule has 0 saturated carbocycles. The Hall–Kier alpha value is 0.0600. The maximum absolute atomic E-state index is 9.80. The van der Waals surface area contributed by atoms with Gasteiger partial charge in [0.2, 0.25) is 5.85 Å². The molecule has 0 aromatic rings. The van der Waals surface area contributed by atoms with Crippen LogP contribution in [0.3, 0.4) is 0 Å². The predicted molar refractivity (Wildman–Crippen MR) is 29.9 cm³/mol. The first kappa shape index (κ1) is 7.06. The van der Waals surface area contributed by atoms with Gasteiger partial charge in [0, 0.05) is 6.42 Å². The van der Waals surface area contributed by atoms with Crippen molar-refractivity contribution in [2.45, 2.75) is 25.6 Å². The van der Waals surface area contributed by atoms with Crippen molar-refractivity contribution in [2.24, 2.45) is 0 Å². The fourth-order valence-electron chi connectivity index (χ4n) is 0.332. The Morgan fingerprint density at radius 3 is 2.57 bits per heavy atom. The Bertz CT molecular complexity index is 55.7. The summed E-state index contributed by atoms with van der Waals surface area (Å²) in [7, 11) is -0.556. The highest BCUT2D eigenvalue weighted by atomic mass is 31.1. The number of aliphatic hydroxyl groups is 1. The molecule has 0 amide bonds. The van der Waals surface area contributed by atoms with E-state index in [0.29, 0.717) is 6.42 Å². The summed E-state index contributed by atoms with van der Waals surface area (Å²) in [6.45, 7) is 1.95. The number of rotatable bonds is 3. The Morgan fingerprint density at radius 1 is 1.86 bits per heavy atom. The molecule has 0 saturated heterocycles. The smallest absolute Gasteiger partial charge is 0.351 e. The molecule has 0 aromatic carbocycles. The van der Waals surface area contributed by atoms with Crippen molar-refractivity contribution in [2.75, 3.05) is 0 Å². The van der Waals surface area contributed by atoms with Gasteiger partial charge in [0.25, 0.3) is 0 Å². The summed E-state index contributed by atoms with van der Waals surface area (Å²) in [5.41, 5.74) is 0. The van der Waals surface area contributed by atoms with Gasteiger partial charge in [-0.25, -0.2) is 0 Å². The fraction of sp³-hybridized carbons (Fsp3) is 1.00. The van der Waals surface area contributed by atoms with Crippen molar-refractivity contribution in [1.29, 1.82) is 0 Å². The van der Waals surface area contributed by atoms with Gasteiger partial charge in [0.1, 0.15) is 0 Å². The second-order valence-electron chi connectivity index (χ2n) is 1.42. The summed E-state index contributed by atoms with van der Waals surface area (Å²) in [6.07, 6.45) is 1.55. The SMILES string of the molecule is CCCC(O)[PH+]=O. The van der Waals surface area contributed by atoms with E-state index in [2.05, 4.69) is 0 Å². The Morgan fingerprint density at radius 2 is 2.43 bits per heavy atom. The Labute approximate surface area is 44.7 Å². The molecule has 0 fully saturated rings. The summed E-state index contributed by atoms with van der Waals surface area (Å²) >= 11 is 0. The molecule has 0 aromatic heterocycles. The van der Waals surface area contributed by atoms with Gasteiger partial charge < -0.3 is 5.11 Å². The normalized spacial score (nSPS) is 14.6. The maximum Gasteiger partial charge on any atom is 0.356 e. The first-order valence-corrected chi connectivity index (χ1v) is 3.35.